The standard InChI is InChI=1S/C21H26N2O4/c1-15(16-4-6-19(26-3)7-5-16)22(2)20(24)17-8-11-23(12-9-17)21(25)18-10-13-27-14-18/h4-7,10,13-15,17H,8-9,11-12H2,1-3H3. The number of carbonyl (C=O) groups is 2. The van der Waals surface area contributed by atoms with Gasteiger partial charge in [-0.05, 0) is 43.5 Å². The predicted molar refractivity (Wildman–Crippen MR) is 102 cm³/mol. The first-order valence-electron chi connectivity index (χ1n) is 9.23. The third kappa shape index (κ3) is 4.15. The Hall–Kier alpha value is -2.76. The molecule has 27 heavy (non-hydrogen) atoms. The number of likely N-dealkylation sites (tertiary alicyclic amines) is 1. The first-order valence-corrected chi connectivity index (χ1v) is 9.23. The Morgan fingerprint density at radius 2 is 1.85 bits per heavy atom. The molecule has 1 aliphatic heterocycles. The maximum Gasteiger partial charge on any atom is 0.257 e. The largest absolute Gasteiger partial charge is 0.497 e. The molecule has 1 atom stereocenters. The van der Waals surface area contributed by atoms with Crippen molar-refractivity contribution in [2.75, 3.05) is 27.2 Å². The van der Waals surface area contributed by atoms with Crippen molar-refractivity contribution >= 4 is 11.8 Å². The predicted octanol–water partition coefficient (Wildman–Crippen LogP) is 3.36. The van der Waals surface area contributed by atoms with Crippen molar-refractivity contribution in [1.29, 1.82) is 0 Å². The van der Waals surface area contributed by atoms with Crippen molar-refractivity contribution in [3.8, 4) is 5.75 Å². The highest BCUT2D eigenvalue weighted by Gasteiger charge is 2.31. The van der Waals surface area contributed by atoms with Gasteiger partial charge >= 0.3 is 0 Å². The number of methoxy groups -OCH3 is 1. The molecule has 0 aliphatic carbocycles. The van der Waals surface area contributed by atoms with Crippen LogP contribution in [0.3, 0.4) is 0 Å². The SMILES string of the molecule is COc1ccc(C(C)N(C)C(=O)C2CCN(C(=O)c3ccoc3)CC2)cc1. The van der Waals surface area contributed by atoms with Gasteiger partial charge in [0.1, 0.15) is 12.0 Å². The number of piperidine rings is 1. The van der Waals surface area contributed by atoms with Crippen molar-refractivity contribution in [1.82, 2.24) is 9.80 Å². The average molecular weight is 370 g/mol. The van der Waals surface area contributed by atoms with E-state index in [4.69, 9.17) is 9.15 Å². The van der Waals surface area contributed by atoms with Gasteiger partial charge in [0.25, 0.3) is 5.91 Å². The molecule has 0 radical (unpaired) electrons. The maximum atomic E-state index is 12.9. The number of hydrogen-bond donors (Lipinski definition) is 0. The third-order valence-corrected chi connectivity index (χ3v) is 5.43. The first kappa shape index (κ1) is 19.0. The summed E-state index contributed by atoms with van der Waals surface area (Å²) >= 11 is 0. The number of hydrogen-bond acceptors (Lipinski definition) is 4. The van der Waals surface area contributed by atoms with Gasteiger partial charge < -0.3 is 19.0 Å². The molecule has 0 N–H and O–H groups in total. The van der Waals surface area contributed by atoms with E-state index < -0.39 is 0 Å². The normalized spacial score (nSPS) is 16.0. The number of rotatable bonds is 5. The lowest BCUT2D eigenvalue weighted by Gasteiger charge is -2.35. The number of carbonyl (C=O) groups excluding carboxylic acids is 2. The molecule has 1 aromatic carbocycles. The summed E-state index contributed by atoms with van der Waals surface area (Å²) < 4.78 is 10.2. The van der Waals surface area contributed by atoms with Crippen LogP contribution in [-0.4, -0.2) is 48.9 Å². The highest BCUT2D eigenvalue weighted by molar-refractivity contribution is 5.94. The molecular formula is C21H26N2O4. The van der Waals surface area contributed by atoms with E-state index in [1.54, 1.807) is 23.0 Å². The van der Waals surface area contributed by atoms with E-state index in [0.29, 0.717) is 31.5 Å². The van der Waals surface area contributed by atoms with Gasteiger partial charge in [-0.1, -0.05) is 12.1 Å². The second kappa shape index (κ2) is 8.29. The maximum absolute atomic E-state index is 12.9. The monoisotopic (exact) mass is 370 g/mol. The summed E-state index contributed by atoms with van der Waals surface area (Å²) in [6.07, 6.45) is 4.33. The van der Waals surface area contributed by atoms with Crippen LogP contribution in [-0.2, 0) is 4.79 Å². The molecule has 2 aromatic rings. The summed E-state index contributed by atoms with van der Waals surface area (Å²) in [5, 5.41) is 0. The summed E-state index contributed by atoms with van der Waals surface area (Å²) in [6, 6.07) is 9.44. The van der Waals surface area contributed by atoms with E-state index in [9.17, 15) is 9.59 Å². The van der Waals surface area contributed by atoms with Crippen LogP contribution in [0, 0.1) is 5.92 Å². The van der Waals surface area contributed by atoms with E-state index in [0.717, 1.165) is 11.3 Å². The van der Waals surface area contributed by atoms with Gasteiger partial charge in [-0.3, -0.25) is 9.59 Å². The molecular weight excluding hydrogens is 344 g/mol. The molecule has 1 fully saturated rings. The molecule has 2 heterocycles. The lowest BCUT2D eigenvalue weighted by molar-refractivity contribution is -0.137. The first-order chi connectivity index (χ1) is 13.0. The van der Waals surface area contributed by atoms with Crippen molar-refractivity contribution in [3.63, 3.8) is 0 Å². The van der Waals surface area contributed by atoms with Crippen molar-refractivity contribution < 1.29 is 18.7 Å². The fourth-order valence-corrected chi connectivity index (χ4v) is 3.48. The highest BCUT2D eigenvalue weighted by Crippen LogP contribution is 2.26. The van der Waals surface area contributed by atoms with E-state index >= 15 is 0 Å². The van der Waals surface area contributed by atoms with Crippen LogP contribution >= 0.6 is 0 Å². The average Bonchev–Trinajstić information content (AvgIpc) is 3.26. The van der Waals surface area contributed by atoms with Crippen LogP contribution in [0.2, 0.25) is 0 Å². The summed E-state index contributed by atoms with van der Waals surface area (Å²) in [7, 11) is 3.48. The van der Waals surface area contributed by atoms with Crippen LogP contribution in [0.25, 0.3) is 0 Å². The van der Waals surface area contributed by atoms with Crippen LogP contribution < -0.4 is 4.74 Å². The number of benzene rings is 1. The minimum atomic E-state index is -0.0518. The Morgan fingerprint density at radius 3 is 2.41 bits per heavy atom. The Labute approximate surface area is 159 Å². The third-order valence-electron chi connectivity index (χ3n) is 5.43. The minimum absolute atomic E-state index is 0.0194. The lowest BCUT2D eigenvalue weighted by Crippen LogP contribution is -2.43. The molecule has 0 bridgehead atoms. The Morgan fingerprint density at radius 1 is 1.19 bits per heavy atom. The molecule has 0 saturated carbocycles. The summed E-state index contributed by atoms with van der Waals surface area (Å²) in [5.41, 5.74) is 1.63. The van der Waals surface area contributed by atoms with Crippen molar-refractivity contribution in [2.45, 2.75) is 25.8 Å². The van der Waals surface area contributed by atoms with E-state index in [1.807, 2.05) is 38.2 Å². The van der Waals surface area contributed by atoms with E-state index in [2.05, 4.69) is 0 Å². The molecule has 3 rings (SSSR count). The molecule has 1 aromatic heterocycles. The molecule has 0 spiro atoms. The fraction of sp³-hybridized carbons (Fsp3) is 0.429. The van der Waals surface area contributed by atoms with E-state index in [1.165, 1.54) is 12.5 Å². The Bertz CT molecular complexity index is 762. The smallest absolute Gasteiger partial charge is 0.257 e. The van der Waals surface area contributed by atoms with Gasteiger partial charge in [0.15, 0.2) is 0 Å². The number of ether oxygens (including phenoxy) is 1. The fourth-order valence-electron chi connectivity index (χ4n) is 3.48. The number of amides is 2. The van der Waals surface area contributed by atoms with Gasteiger partial charge in [-0.2, -0.15) is 0 Å². The Balaban J connectivity index is 1.57. The number of furan rings is 1. The molecule has 1 unspecified atom stereocenters. The van der Waals surface area contributed by atoms with Gasteiger partial charge in [0, 0.05) is 26.1 Å². The van der Waals surface area contributed by atoms with Crippen molar-refractivity contribution in [3.05, 3.63) is 54.0 Å². The molecule has 1 aliphatic rings. The molecule has 6 nitrogen and oxygen atoms in total. The highest BCUT2D eigenvalue weighted by atomic mass is 16.5. The van der Waals surface area contributed by atoms with Crippen LogP contribution in [0.1, 0.15) is 41.7 Å². The summed E-state index contributed by atoms with van der Waals surface area (Å²) in [5.74, 6) is 0.849. The second-order valence-corrected chi connectivity index (χ2v) is 6.98. The zero-order valence-corrected chi connectivity index (χ0v) is 16.1. The summed E-state index contributed by atoms with van der Waals surface area (Å²) in [6.45, 7) is 3.20. The van der Waals surface area contributed by atoms with Gasteiger partial charge in [0.2, 0.25) is 5.91 Å². The zero-order chi connectivity index (χ0) is 19.4. The van der Waals surface area contributed by atoms with E-state index in [-0.39, 0.29) is 23.8 Å². The van der Waals surface area contributed by atoms with Crippen molar-refractivity contribution in [2.24, 2.45) is 5.92 Å². The molecule has 2 amide bonds. The summed E-state index contributed by atoms with van der Waals surface area (Å²) in [4.78, 5) is 28.9. The minimum Gasteiger partial charge on any atom is -0.497 e. The molecule has 6 heteroatoms. The van der Waals surface area contributed by atoms with Crippen LogP contribution in [0.5, 0.6) is 5.75 Å². The Kier molecular flexibility index (Phi) is 5.84. The molecule has 1 saturated heterocycles. The van der Waals surface area contributed by atoms with Crippen LogP contribution in [0.15, 0.2) is 47.3 Å². The quantitative estimate of drug-likeness (QED) is 0.810. The number of nitrogens with zero attached hydrogens (tertiary/aromatic N) is 2. The lowest BCUT2D eigenvalue weighted by atomic mass is 9.94. The second-order valence-electron chi connectivity index (χ2n) is 6.98. The topological polar surface area (TPSA) is 63.0 Å². The van der Waals surface area contributed by atoms with Gasteiger partial charge in [0.05, 0.1) is 25.0 Å². The molecule has 144 valence electrons. The zero-order valence-electron chi connectivity index (χ0n) is 16.1. The van der Waals surface area contributed by atoms with Gasteiger partial charge in [-0.15, -0.1) is 0 Å². The van der Waals surface area contributed by atoms with Crippen LogP contribution in [0.4, 0.5) is 0 Å². The van der Waals surface area contributed by atoms with Gasteiger partial charge in [-0.25, -0.2) is 0 Å².